The van der Waals surface area contributed by atoms with Gasteiger partial charge in [0.1, 0.15) is 6.61 Å². The molecule has 2 rings (SSSR count). The fraction of sp³-hybridized carbons (Fsp3) is 0.750. The summed E-state index contributed by atoms with van der Waals surface area (Å²) in [7, 11) is 0. The monoisotopic (exact) mass is 199 g/mol. The summed E-state index contributed by atoms with van der Waals surface area (Å²) in [5.41, 5.74) is 0. The van der Waals surface area contributed by atoms with Gasteiger partial charge in [0.05, 0.1) is 0 Å². The fourth-order valence-corrected chi connectivity index (χ4v) is 2.06. The first-order valence-electron chi connectivity index (χ1n) is 4.54. The topological polar surface area (TPSA) is 53.8 Å². The second kappa shape index (κ2) is 3.23. The summed E-state index contributed by atoms with van der Waals surface area (Å²) in [6.07, 6.45) is 2.33. The van der Waals surface area contributed by atoms with Crippen molar-refractivity contribution in [2.24, 2.45) is 5.92 Å². The van der Waals surface area contributed by atoms with E-state index in [1.54, 1.807) is 0 Å². The number of aromatic amines is 1. The summed E-state index contributed by atoms with van der Waals surface area (Å²) in [5, 5.41) is 15.7. The third-order valence-electron chi connectivity index (χ3n) is 2.66. The minimum Gasteiger partial charge on any atom is -0.388 e. The van der Waals surface area contributed by atoms with E-state index in [0.717, 1.165) is 12.3 Å². The Morgan fingerprint density at radius 3 is 3.08 bits per heavy atom. The van der Waals surface area contributed by atoms with Gasteiger partial charge in [0.15, 0.2) is 10.6 Å². The van der Waals surface area contributed by atoms with Crippen LogP contribution < -0.4 is 0 Å². The zero-order valence-electron chi connectivity index (χ0n) is 7.53. The molecule has 0 aromatic carbocycles. The molecule has 1 aliphatic carbocycles. The van der Waals surface area contributed by atoms with Gasteiger partial charge in [0.25, 0.3) is 0 Å². The molecule has 1 saturated carbocycles. The predicted molar refractivity (Wildman–Crippen MR) is 50.8 cm³/mol. The van der Waals surface area contributed by atoms with Gasteiger partial charge in [-0.15, -0.1) is 0 Å². The molecule has 72 valence electrons. The molecule has 4 nitrogen and oxygen atoms in total. The largest absolute Gasteiger partial charge is 0.388 e. The van der Waals surface area contributed by atoms with Crippen LogP contribution in [0.15, 0.2) is 0 Å². The molecule has 0 amide bonds. The zero-order valence-corrected chi connectivity index (χ0v) is 8.34. The van der Waals surface area contributed by atoms with Gasteiger partial charge < -0.3 is 5.11 Å². The number of aromatic nitrogens is 3. The van der Waals surface area contributed by atoms with E-state index in [0.29, 0.717) is 16.6 Å². The summed E-state index contributed by atoms with van der Waals surface area (Å²) in [6.45, 7) is 2.13. The van der Waals surface area contributed by atoms with Crippen molar-refractivity contribution in [2.45, 2.75) is 32.4 Å². The van der Waals surface area contributed by atoms with E-state index in [4.69, 9.17) is 17.3 Å². The van der Waals surface area contributed by atoms with Crippen molar-refractivity contribution in [1.29, 1.82) is 0 Å². The highest BCUT2D eigenvalue weighted by molar-refractivity contribution is 7.71. The number of aliphatic hydroxyl groups excluding tert-OH is 1. The number of H-pyrrole nitrogens is 1. The molecule has 1 aliphatic rings. The number of hydrogen-bond donors (Lipinski definition) is 2. The number of rotatable bonds is 3. The first kappa shape index (κ1) is 8.90. The second-order valence-electron chi connectivity index (χ2n) is 3.44. The summed E-state index contributed by atoms with van der Waals surface area (Å²) in [4.78, 5) is 0. The van der Waals surface area contributed by atoms with Crippen molar-refractivity contribution in [3.8, 4) is 0 Å². The summed E-state index contributed by atoms with van der Waals surface area (Å²) < 4.78 is 2.58. The molecule has 0 spiro atoms. The maximum atomic E-state index is 9.02. The van der Waals surface area contributed by atoms with E-state index in [1.807, 2.05) is 4.57 Å². The molecule has 13 heavy (non-hydrogen) atoms. The van der Waals surface area contributed by atoms with Gasteiger partial charge in [0.2, 0.25) is 0 Å². The van der Waals surface area contributed by atoms with Crippen molar-refractivity contribution < 1.29 is 5.11 Å². The van der Waals surface area contributed by atoms with Crippen LogP contribution in [0.2, 0.25) is 0 Å². The van der Waals surface area contributed by atoms with Gasteiger partial charge in [-0.05, 0) is 24.6 Å². The van der Waals surface area contributed by atoms with Crippen LogP contribution in [-0.4, -0.2) is 19.9 Å². The van der Waals surface area contributed by atoms with E-state index >= 15 is 0 Å². The minimum atomic E-state index is -0.0416. The van der Waals surface area contributed by atoms with E-state index in [9.17, 15) is 0 Å². The van der Waals surface area contributed by atoms with E-state index in [1.165, 1.54) is 6.42 Å². The molecule has 0 saturated heterocycles. The molecule has 1 heterocycles. The first-order valence-corrected chi connectivity index (χ1v) is 4.95. The van der Waals surface area contributed by atoms with Gasteiger partial charge in [-0.2, -0.15) is 5.10 Å². The molecular formula is C8H13N3OS. The van der Waals surface area contributed by atoms with Crippen molar-refractivity contribution in [3.63, 3.8) is 0 Å². The van der Waals surface area contributed by atoms with Crippen LogP contribution in [0.3, 0.4) is 0 Å². The Morgan fingerprint density at radius 1 is 1.77 bits per heavy atom. The van der Waals surface area contributed by atoms with Gasteiger partial charge in [-0.3, -0.25) is 9.67 Å². The lowest BCUT2D eigenvalue weighted by Gasteiger charge is -2.02. The molecule has 2 N–H and O–H groups in total. The van der Waals surface area contributed by atoms with Crippen LogP contribution in [0, 0.1) is 10.7 Å². The van der Waals surface area contributed by atoms with Crippen molar-refractivity contribution in [3.05, 3.63) is 10.6 Å². The lowest BCUT2D eigenvalue weighted by atomic mass is 10.3. The normalized spacial score (nSPS) is 26.3. The molecule has 1 aromatic rings. The second-order valence-corrected chi connectivity index (χ2v) is 3.83. The smallest absolute Gasteiger partial charge is 0.195 e. The van der Waals surface area contributed by atoms with Crippen LogP contribution in [0.5, 0.6) is 0 Å². The highest BCUT2D eigenvalue weighted by atomic mass is 32.1. The third-order valence-corrected chi connectivity index (χ3v) is 2.95. The molecule has 1 aromatic heterocycles. The molecule has 0 bridgehead atoms. The lowest BCUT2D eigenvalue weighted by Crippen LogP contribution is -2.02. The Hall–Kier alpha value is -0.680. The zero-order chi connectivity index (χ0) is 9.42. The average molecular weight is 199 g/mol. The maximum Gasteiger partial charge on any atom is 0.195 e. The SMILES string of the molecule is CCC1CC1n1c(CO)n[nH]c1=S. The Morgan fingerprint density at radius 2 is 2.54 bits per heavy atom. The van der Waals surface area contributed by atoms with Crippen LogP contribution in [0.25, 0.3) is 0 Å². The maximum absolute atomic E-state index is 9.02. The van der Waals surface area contributed by atoms with Crippen LogP contribution in [0.1, 0.15) is 31.6 Å². The Bertz CT molecular complexity index is 357. The Kier molecular flexibility index (Phi) is 2.21. The predicted octanol–water partition coefficient (Wildman–Crippen LogP) is 1.40. The highest BCUT2D eigenvalue weighted by Crippen LogP contribution is 2.45. The molecule has 2 unspecified atom stereocenters. The van der Waals surface area contributed by atoms with E-state index < -0.39 is 0 Å². The number of aliphatic hydroxyl groups is 1. The van der Waals surface area contributed by atoms with Gasteiger partial charge in [-0.1, -0.05) is 13.3 Å². The van der Waals surface area contributed by atoms with Gasteiger partial charge >= 0.3 is 0 Å². The van der Waals surface area contributed by atoms with Gasteiger partial charge in [0, 0.05) is 6.04 Å². The molecule has 1 fully saturated rings. The third kappa shape index (κ3) is 1.42. The summed E-state index contributed by atoms with van der Waals surface area (Å²) in [6, 6.07) is 0.471. The van der Waals surface area contributed by atoms with Crippen LogP contribution in [0.4, 0.5) is 0 Å². The van der Waals surface area contributed by atoms with Crippen molar-refractivity contribution >= 4 is 12.2 Å². The molecule has 0 radical (unpaired) electrons. The highest BCUT2D eigenvalue weighted by Gasteiger charge is 2.38. The first-order chi connectivity index (χ1) is 6.27. The average Bonchev–Trinajstić information content (AvgIpc) is 2.82. The van der Waals surface area contributed by atoms with Crippen molar-refractivity contribution in [2.75, 3.05) is 0 Å². The summed E-state index contributed by atoms with van der Waals surface area (Å²) in [5.74, 6) is 1.38. The lowest BCUT2D eigenvalue weighted by molar-refractivity contribution is 0.263. The molecule has 0 aliphatic heterocycles. The Labute approximate surface area is 81.6 Å². The van der Waals surface area contributed by atoms with E-state index in [2.05, 4.69) is 17.1 Å². The number of nitrogens with one attached hydrogen (secondary N) is 1. The molecular weight excluding hydrogens is 186 g/mol. The Balaban J connectivity index is 2.29. The van der Waals surface area contributed by atoms with Crippen molar-refractivity contribution in [1.82, 2.24) is 14.8 Å². The van der Waals surface area contributed by atoms with Crippen LogP contribution in [-0.2, 0) is 6.61 Å². The molecule has 5 heteroatoms. The minimum absolute atomic E-state index is 0.0416. The summed E-state index contributed by atoms with van der Waals surface area (Å²) >= 11 is 5.09. The number of hydrogen-bond acceptors (Lipinski definition) is 3. The standard InChI is InChI=1S/C8H13N3OS/c1-2-5-3-6(5)11-7(4-12)9-10-8(11)13/h5-6,12H,2-4H2,1H3,(H,10,13). The van der Waals surface area contributed by atoms with Gasteiger partial charge in [-0.25, -0.2) is 0 Å². The number of nitrogens with zero attached hydrogens (tertiary/aromatic N) is 2. The quantitative estimate of drug-likeness (QED) is 0.724. The molecule has 2 atom stereocenters. The van der Waals surface area contributed by atoms with Crippen LogP contribution >= 0.6 is 12.2 Å². The van der Waals surface area contributed by atoms with E-state index in [-0.39, 0.29) is 6.61 Å². The fourth-order valence-electron chi connectivity index (χ4n) is 1.78.